The molecule has 0 radical (unpaired) electrons. The van der Waals surface area contributed by atoms with Crippen molar-refractivity contribution in [2.45, 2.75) is 6.10 Å². The van der Waals surface area contributed by atoms with Crippen LogP contribution in [0.2, 0.25) is 4.34 Å². The van der Waals surface area contributed by atoms with E-state index in [0.29, 0.717) is 10.9 Å². The molecule has 1 unspecified atom stereocenters. The SMILES string of the molecule is C=CCSCCNC(=O)NCC(O)c1ccc(Cl)s1. The predicted octanol–water partition coefficient (Wildman–Crippen LogP) is 2.65. The number of urea groups is 1. The van der Waals surface area contributed by atoms with Gasteiger partial charge in [0.2, 0.25) is 0 Å². The highest BCUT2D eigenvalue weighted by molar-refractivity contribution is 7.99. The second-order valence-corrected chi connectivity index (χ2v) is 6.55. The predicted molar refractivity (Wildman–Crippen MR) is 83.2 cm³/mol. The number of nitrogens with one attached hydrogen (secondary N) is 2. The van der Waals surface area contributed by atoms with Gasteiger partial charge in [-0.15, -0.1) is 17.9 Å². The maximum absolute atomic E-state index is 11.4. The summed E-state index contributed by atoms with van der Waals surface area (Å²) in [7, 11) is 0. The van der Waals surface area contributed by atoms with E-state index in [9.17, 15) is 9.90 Å². The van der Waals surface area contributed by atoms with Crippen LogP contribution in [0.1, 0.15) is 11.0 Å². The summed E-state index contributed by atoms with van der Waals surface area (Å²) in [6, 6.07) is 3.20. The third kappa shape index (κ3) is 6.87. The largest absolute Gasteiger partial charge is 0.386 e. The molecule has 1 aromatic rings. The summed E-state index contributed by atoms with van der Waals surface area (Å²) in [5.41, 5.74) is 0. The number of aliphatic hydroxyl groups excluding tert-OH is 1. The maximum Gasteiger partial charge on any atom is 0.314 e. The minimum absolute atomic E-state index is 0.169. The van der Waals surface area contributed by atoms with Crippen molar-refractivity contribution in [3.63, 3.8) is 0 Å². The van der Waals surface area contributed by atoms with Gasteiger partial charge in [0.1, 0.15) is 6.10 Å². The molecule has 0 bridgehead atoms. The van der Waals surface area contributed by atoms with Crippen molar-refractivity contribution in [2.75, 3.05) is 24.6 Å². The number of hydrogen-bond acceptors (Lipinski definition) is 4. The summed E-state index contributed by atoms with van der Waals surface area (Å²) in [5, 5.41) is 15.1. The van der Waals surface area contributed by atoms with Crippen molar-refractivity contribution in [3.8, 4) is 0 Å². The van der Waals surface area contributed by atoms with Gasteiger partial charge in [-0.2, -0.15) is 11.8 Å². The van der Waals surface area contributed by atoms with E-state index in [1.807, 2.05) is 6.08 Å². The molecule has 0 saturated heterocycles. The van der Waals surface area contributed by atoms with E-state index in [0.717, 1.165) is 16.4 Å². The van der Waals surface area contributed by atoms with E-state index in [4.69, 9.17) is 11.6 Å². The Labute approximate surface area is 126 Å². The van der Waals surface area contributed by atoms with E-state index < -0.39 is 6.10 Å². The molecule has 0 saturated carbocycles. The molecule has 0 spiro atoms. The Morgan fingerprint density at radius 1 is 1.58 bits per heavy atom. The van der Waals surface area contributed by atoms with Crippen LogP contribution in [0.3, 0.4) is 0 Å². The fourth-order valence-electron chi connectivity index (χ4n) is 1.26. The van der Waals surface area contributed by atoms with E-state index in [2.05, 4.69) is 17.2 Å². The van der Waals surface area contributed by atoms with Gasteiger partial charge >= 0.3 is 6.03 Å². The summed E-state index contributed by atoms with van der Waals surface area (Å²) in [6.07, 6.45) is 1.10. The zero-order chi connectivity index (χ0) is 14.1. The van der Waals surface area contributed by atoms with Crippen molar-refractivity contribution in [2.24, 2.45) is 0 Å². The summed E-state index contributed by atoms with van der Waals surface area (Å²) in [6.45, 7) is 4.37. The normalized spacial score (nSPS) is 11.9. The Hall–Kier alpha value is -0.690. The lowest BCUT2D eigenvalue weighted by atomic mass is 10.3. The van der Waals surface area contributed by atoms with Gasteiger partial charge in [0, 0.05) is 22.9 Å². The number of halogens is 1. The number of thioether (sulfide) groups is 1. The number of aliphatic hydroxyl groups is 1. The molecule has 1 aromatic heterocycles. The first-order valence-electron chi connectivity index (χ1n) is 5.77. The van der Waals surface area contributed by atoms with Crippen LogP contribution in [0.25, 0.3) is 0 Å². The van der Waals surface area contributed by atoms with Gasteiger partial charge in [-0.25, -0.2) is 4.79 Å². The highest BCUT2D eigenvalue weighted by Gasteiger charge is 2.11. The molecule has 1 rings (SSSR count). The van der Waals surface area contributed by atoms with Gasteiger partial charge in [0.05, 0.1) is 10.9 Å². The van der Waals surface area contributed by atoms with Crippen LogP contribution >= 0.6 is 34.7 Å². The van der Waals surface area contributed by atoms with Crippen molar-refractivity contribution >= 4 is 40.7 Å². The van der Waals surface area contributed by atoms with Crippen LogP contribution in [0.5, 0.6) is 0 Å². The quantitative estimate of drug-likeness (QED) is 0.510. The van der Waals surface area contributed by atoms with Crippen LogP contribution in [-0.2, 0) is 0 Å². The molecular weight excluding hydrogens is 304 g/mol. The van der Waals surface area contributed by atoms with E-state index in [1.165, 1.54) is 11.3 Å². The van der Waals surface area contributed by atoms with Crippen LogP contribution in [0, 0.1) is 0 Å². The van der Waals surface area contributed by atoms with Gasteiger partial charge in [0.25, 0.3) is 0 Å². The topological polar surface area (TPSA) is 61.4 Å². The number of rotatable bonds is 8. The molecule has 0 aromatic carbocycles. The number of carbonyl (C=O) groups is 1. The summed E-state index contributed by atoms with van der Waals surface area (Å²) < 4.78 is 0.623. The third-order valence-corrected chi connectivity index (χ3v) is 4.44. The molecule has 19 heavy (non-hydrogen) atoms. The van der Waals surface area contributed by atoms with Crippen molar-refractivity contribution in [1.29, 1.82) is 0 Å². The Morgan fingerprint density at radius 2 is 2.37 bits per heavy atom. The number of hydrogen-bond donors (Lipinski definition) is 3. The zero-order valence-electron chi connectivity index (χ0n) is 10.4. The summed E-state index contributed by atoms with van der Waals surface area (Å²) >= 11 is 8.78. The van der Waals surface area contributed by atoms with Crippen LogP contribution in [-0.4, -0.2) is 35.7 Å². The minimum atomic E-state index is -0.724. The molecule has 2 amide bonds. The Kier molecular flexibility index (Phi) is 7.97. The molecule has 3 N–H and O–H groups in total. The molecule has 106 valence electrons. The highest BCUT2D eigenvalue weighted by atomic mass is 35.5. The van der Waals surface area contributed by atoms with Crippen LogP contribution in [0.4, 0.5) is 4.79 Å². The smallest absolute Gasteiger partial charge is 0.314 e. The molecular formula is C12H17ClN2O2S2. The first kappa shape index (κ1) is 16.4. The van der Waals surface area contributed by atoms with Crippen LogP contribution in [0.15, 0.2) is 24.8 Å². The fraction of sp³-hybridized carbons (Fsp3) is 0.417. The average molecular weight is 321 g/mol. The Balaban J connectivity index is 2.14. The van der Waals surface area contributed by atoms with E-state index in [1.54, 1.807) is 23.9 Å². The molecule has 0 aliphatic heterocycles. The molecule has 4 nitrogen and oxygen atoms in total. The Bertz CT molecular complexity index is 412. The minimum Gasteiger partial charge on any atom is -0.386 e. The Morgan fingerprint density at radius 3 is 3.00 bits per heavy atom. The van der Waals surface area contributed by atoms with Crippen LogP contribution < -0.4 is 10.6 Å². The number of carbonyl (C=O) groups excluding carboxylic acids is 1. The fourth-order valence-corrected chi connectivity index (χ4v) is 2.89. The maximum atomic E-state index is 11.4. The number of amides is 2. The number of thiophene rings is 1. The lowest BCUT2D eigenvalue weighted by Gasteiger charge is -2.11. The molecule has 1 heterocycles. The van der Waals surface area contributed by atoms with Crippen molar-refractivity contribution < 1.29 is 9.90 Å². The standard InChI is InChI=1S/C12H17ClN2O2S2/c1-2-6-18-7-5-14-12(17)15-8-9(16)10-3-4-11(13)19-10/h2-4,9,16H,1,5-8H2,(H2,14,15,17). The van der Waals surface area contributed by atoms with Gasteiger partial charge in [-0.3, -0.25) is 0 Å². The molecule has 7 heteroatoms. The average Bonchev–Trinajstić information content (AvgIpc) is 2.82. The molecule has 1 atom stereocenters. The lowest BCUT2D eigenvalue weighted by Crippen LogP contribution is -2.38. The second-order valence-electron chi connectivity index (χ2n) is 3.66. The van der Waals surface area contributed by atoms with Gasteiger partial charge in [0.15, 0.2) is 0 Å². The zero-order valence-corrected chi connectivity index (χ0v) is 12.8. The first-order chi connectivity index (χ1) is 9.13. The van der Waals surface area contributed by atoms with Gasteiger partial charge < -0.3 is 15.7 Å². The molecule has 0 aliphatic rings. The van der Waals surface area contributed by atoms with E-state index in [-0.39, 0.29) is 12.6 Å². The third-order valence-electron chi connectivity index (χ3n) is 2.15. The highest BCUT2D eigenvalue weighted by Crippen LogP contribution is 2.26. The monoisotopic (exact) mass is 320 g/mol. The van der Waals surface area contributed by atoms with Gasteiger partial charge in [-0.1, -0.05) is 17.7 Å². The molecule has 0 fully saturated rings. The van der Waals surface area contributed by atoms with E-state index >= 15 is 0 Å². The molecule has 0 aliphatic carbocycles. The summed E-state index contributed by atoms with van der Waals surface area (Å²) in [5.74, 6) is 1.71. The first-order valence-corrected chi connectivity index (χ1v) is 8.12. The summed E-state index contributed by atoms with van der Waals surface area (Å²) in [4.78, 5) is 12.2. The second kappa shape index (κ2) is 9.25. The lowest BCUT2D eigenvalue weighted by molar-refractivity contribution is 0.176. The van der Waals surface area contributed by atoms with Crippen molar-refractivity contribution in [3.05, 3.63) is 34.0 Å². The van der Waals surface area contributed by atoms with Gasteiger partial charge in [-0.05, 0) is 12.1 Å². The van der Waals surface area contributed by atoms with Crippen molar-refractivity contribution in [1.82, 2.24) is 10.6 Å².